The van der Waals surface area contributed by atoms with Crippen LogP contribution < -0.4 is 9.64 Å². The predicted molar refractivity (Wildman–Crippen MR) is 86.7 cm³/mol. The number of hydrogen-bond acceptors (Lipinski definition) is 5. The lowest BCUT2D eigenvalue weighted by atomic mass is 10.0. The lowest BCUT2D eigenvalue weighted by molar-refractivity contribution is 0.0583. The summed E-state index contributed by atoms with van der Waals surface area (Å²) < 4.78 is 11.1. The minimum atomic E-state index is -0.558. The molecule has 1 aliphatic rings. The van der Waals surface area contributed by atoms with Crippen molar-refractivity contribution in [1.29, 1.82) is 5.26 Å². The third kappa shape index (κ3) is 3.73. The predicted octanol–water partition coefficient (Wildman–Crippen LogP) is 3.40. The largest absolute Gasteiger partial charge is 0.478 e. The lowest BCUT2D eigenvalue weighted by Crippen LogP contribution is -2.36. The van der Waals surface area contributed by atoms with E-state index in [1.165, 1.54) is 4.90 Å². The molecule has 0 fully saturated rings. The molecule has 2 heterocycles. The number of aromatic nitrogens is 1. The Bertz CT molecular complexity index is 642. The minimum absolute atomic E-state index is 0.0252. The van der Waals surface area contributed by atoms with Crippen molar-refractivity contribution in [2.75, 3.05) is 18.1 Å². The number of carbonyl (C=O) groups is 1. The lowest BCUT2D eigenvalue weighted by Gasteiger charge is -2.24. The maximum Gasteiger partial charge on any atom is 0.416 e. The zero-order valence-corrected chi connectivity index (χ0v) is 14.3. The van der Waals surface area contributed by atoms with Gasteiger partial charge in [-0.05, 0) is 33.1 Å². The Hall–Kier alpha value is -2.29. The van der Waals surface area contributed by atoms with E-state index in [-0.39, 0.29) is 12.5 Å². The van der Waals surface area contributed by atoms with Crippen molar-refractivity contribution in [1.82, 2.24) is 4.98 Å². The first kappa shape index (κ1) is 17.1. The highest BCUT2D eigenvalue weighted by Gasteiger charge is 2.33. The van der Waals surface area contributed by atoms with E-state index in [0.717, 1.165) is 11.1 Å². The number of nitriles is 1. The molecule has 1 amide bonds. The molecule has 124 valence electrons. The summed E-state index contributed by atoms with van der Waals surface area (Å²) in [6, 6.07) is 1.99. The highest BCUT2D eigenvalue weighted by atomic mass is 16.6. The molecule has 0 aromatic carbocycles. The standard InChI is InChI=1S/C17H23N3O3/c1-11(2)13-10-19-15-12(14(13)22-9-7-18)6-8-20(15)16(21)23-17(3,4)5/h10-11H,6,8-9H2,1-5H3. The molecule has 1 aliphatic heterocycles. The molecule has 0 N–H and O–H groups in total. The van der Waals surface area contributed by atoms with Crippen LogP contribution in [0, 0.1) is 11.3 Å². The molecule has 0 spiro atoms. The number of nitrogens with zero attached hydrogens (tertiary/aromatic N) is 3. The normalized spacial score (nSPS) is 13.7. The Morgan fingerprint density at radius 1 is 1.48 bits per heavy atom. The van der Waals surface area contributed by atoms with Gasteiger partial charge in [0.05, 0.1) is 0 Å². The monoisotopic (exact) mass is 317 g/mol. The van der Waals surface area contributed by atoms with E-state index in [1.54, 1.807) is 6.20 Å². The summed E-state index contributed by atoms with van der Waals surface area (Å²) in [5.74, 6) is 1.46. The van der Waals surface area contributed by atoms with Crippen molar-refractivity contribution in [2.45, 2.75) is 52.6 Å². The van der Waals surface area contributed by atoms with Crippen molar-refractivity contribution < 1.29 is 14.3 Å². The van der Waals surface area contributed by atoms with E-state index < -0.39 is 11.7 Å². The second kappa shape index (κ2) is 6.45. The SMILES string of the molecule is CC(C)c1cnc2c(c1OCC#N)CCN2C(=O)OC(C)(C)C. The fraction of sp³-hybridized carbons (Fsp3) is 0.588. The molecule has 0 saturated heterocycles. The molecule has 1 aromatic heterocycles. The van der Waals surface area contributed by atoms with Crippen LogP contribution in [-0.4, -0.2) is 29.8 Å². The average molecular weight is 317 g/mol. The van der Waals surface area contributed by atoms with Gasteiger partial charge < -0.3 is 9.47 Å². The van der Waals surface area contributed by atoms with Gasteiger partial charge in [-0.1, -0.05) is 13.8 Å². The Labute approximate surface area is 137 Å². The highest BCUT2D eigenvalue weighted by molar-refractivity contribution is 5.90. The number of amides is 1. The molecule has 6 nitrogen and oxygen atoms in total. The van der Waals surface area contributed by atoms with Crippen LogP contribution >= 0.6 is 0 Å². The Balaban J connectivity index is 2.37. The van der Waals surface area contributed by atoms with Crippen LogP contribution in [0.2, 0.25) is 0 Å². The van der Waals surface area contributed by atoms with E-state index in [9.17, 15) is 4.79 Å². The molecule has 1 aromatic rings. The first-order chi connectivity index (χ1) is 10.7. The van der Waals surface area contributed by atoms with E-state index in [4.69, 9.17) is 14.7 Å². The van der Waals surface area contributed by atoms with Crippen LogP contribution in [0.1, 0.15) is 51.7 Å². The van der Waals surface area contributed by atoms with Crippen LogP contribution in [-0.2, 0) is 11.2 Å². The number of carbonyl (C=O) groups excluding carboxylic acids is 1. The molecule has 23 heavy (non-hydrogen) atoms. The molecular weight excluding hydrogens is 294 g/mol. The Morgan fingerprint density at radius 2 is 2.17 bits per heavy atom. The van der Waals surface area contributed by atoms with Crippen LogP contribution in [0.15, 0.2) is 6.20 Å². The summed E-state index contributed by atoms with van der Waals surface area (Å²) in [4.78, 5) is 18.3. The molecule has 0 aliphatic carbocycles. The van der Waals surface area contributed by atoms with Gasteiger partial charge in [0.25, 0.3) is 0 Å². The molecule has 0 saturated carbocycles. The molecule has 6 heteroatoms. The number of anilines is 1. The molecule has 0 radical (unpaired) electrons. The van der Waals surface area contributed by atoms with Gasteiger partial charge in [0.15, 0.2) is 6.61 Å². The number of hydrogen-bond donors (Lipinski definition) is 0. The quantitative estimate of drug-likeness (QED) is 0.854. The van der Waals surface area contributed by atoms with Crippen LogP contribution in [0.25, 0.3) is 0 Å². The molecule has 2 rings (SSSR count). The molecule has 0 bridgehead atoms. The van der Waals surface area contributed by atoms with Gasteiger partial charge in [0, 0.05) is 23.9 Å². The van der Waals surface area contributed by atoms with Gasteiger partial charge in [-0.25, -0.2) is 9.78 Å². The first-order valence-electron chi connectivity index (χ1n) is 7.76. The van der Waals surface area contributed by atoms with Crippen LogP contribution in [0.3, 0.4) is 0 Å². The summed E-state index contributed by atoms with van der Waals surface area (Å²) in [7, 11) is 0. The fourth-order valence-corrected chi connectivity index (χ4v) is 2.51. The van der Waals surface area contributed by atoms with Crippen LogP contribution in [0.5, 0.6) is 5.75 Å². The van der Waals surface area contributed by atoms with Gasteiger partial charge in [-0.15, -0.1) is 0 Å². The molecule has 0 unspecified atom stereocenters. The second-order valence-electron chi connectivity index (χ2n) is 6.83. The number of fused-ring (bicyclic) bond motifs is 1. The van der Waals surface area contributed by atoms with Crippen molar-refractivity contribution in [3.8, 4) is 11.8 Å². The summed E-state index contributed by atoms with van der Waals surface area (Å²) in [5, 5.41) is 8.80. The summed E-state index contributed by atoms with van der Waals surface area (Å²) in [6.07, 6.45) is 1.95. The topological polar surface area (TPSA) is 75.5 Å². The fourth-order valence-electron chi connectivity index (χ4n) is 2.51. The average Bonchev–Trinajstić information content (AvgIpc) is 2.86. The number of rotatable bonds is 3. The van der Waals surface area contributed by atoms with E-state index in [1.807, 2.05) is 40.7 Å². The summed E-state index contributed by atoms with van der Waals surface area (Å²) in [6.45, 7) is 10.1. The third-order valence-corrected chi connectivity index (χ3v) is 3.49. The Morgan fingerprint density at radius 3 is 2.74 bits per heavy atom. The van der Waals surface area contributed by atoms with Crippen molar-refractivity contribution in [2.24, 2.45) is 0 Å². The van der Waals surface area contributed by atoms with Crippen molar-refractivity contribution >= 4 is 11.9 Å². The van der Waals surface area contributed by atoms with Gasteiger partial charge in [-0.2, -0.15) is 5.26 Å². The van der Waals surface area contributed by atoms with E-state index in [2.05, 4.69) is 4.98 Å². The van der Waals surface area contributed by atoms with E-state index >= 15 is 0 Å². The third-order valence-electron chi connectivity index (χ3n) is 3.49. The molecular formula is C17H23N3O3. The van der Waals surface area contributed by atoms with Crippen LogP contribution in [0.4, 0.5) is 10.6 Å². The zero-order chi connectivity index (χ0) is 17.2. The van der Waals surface area contributed by atoms with Gasteiger partial charge in [0.1, 0.15) is 23.2 Å². The van der Waals surface area contributed by atoms with Crippen molar-refractivity contribution in [3.05, 3.63) is 17.3 Å². The number of ether oxygens (including phenoxy) is 2. The van der Waals surface area contributed by atoms with Gasteiger partial charge >= 0.3 is 6.09 Å². The summed E-state index contributed by atoms with van der Waals surface area (Å²) >= 11 is 0. The van der Waals surface area contributed by atoms with Gasteiger partial charge in [-0.3, -0.25) is 4.90 Å². The van der Waals surface area contributed by atoms with E-state index in [0.29, 0.717) is 24.5 Å². The minimum Gasteiger partial charge on any atom is -0.478 e. The number of pyridine rings is 1. The first-order valence-corrected chi connectivity index (χ1v) is 7.76. The highest BCUT2D eigenvalue weighted by Crippen LogP contribution is 2.39. The van der Waals surface area contributed by atoms with Crippen molar-refractivity contribution in [3.63, 3.8) is 0 Å². The maximum absolute atomic E-state index is 12.3. The smallest absolute Gasteiger partial charge is 0.416 e. The molecule has 0 atom stereocenters. The maximum atomic E-state index is 12.3. The Kier molecular flexibility index (Phi) is 4.79. The second-order valence-corrected chi connectivity index (χ2v) is 6.83. The summed E-state index contributed by atoms with van der Waals surface area (Å²) in [5.41, 5.74) is 1.26. The zero-order valence-electron chi connectivity index (χ0n) is 14.3. The van der Waals surface area contributed by atoms with Gasteiger partial charge in [0.2, 0.25) is 0 Å².